The molecule has 1 aromatic carbocycles. The van der Waals surface area contributed by atoms with Gasteiger partial charge in [0.05, 0.1) is 6.10 Å². The third kappa shape index (κ3) is 7.51. The highest BCUT2D eigenvalue weighted by Gasteiger charge is 2.15. The summed E-state index contributed by atoms with van der Waals surface area (Å²) in [5.74, 6) is -0.0543. The van der Waals surface area contributed by atoms with E-state index in [-0.39, 0.29) is 11.9 Å². The van der Waals surface area contributed by atoms with Gasteiger partial charge in [-0.3, -0.25) is 4.79 Å². The lowest BCUT2D eigenvalue weighted by Gasteiger charge is -2.20. The van der Waals surface area contributed by atoms with E-state index in [4.69, 9.17) is 23.2 Å². The molecule has 8 heteroatoms. The Bertz CT molecular complexity index is 1030. The fourth-order valence-electron chi connectivity index (χ4n) is 3.48. The molecule has 2 unspecified atom stereocenters. The lowest BCUT2D eigenvalue weighted by atomic mass is 10.0. The molecule has 2 atom stereocenters. The first-order valence-electron chi connectivity index (χ1n) is 10.8. The molecule has 0 aliphatic carbocycles. The van der Waals surface area contributed by atoms with Crippen LogP contribution in [-0.4, -0.2) is 45.5 Å². The summed E-state index contributed by atoms with van der Waals surface area (Å²) < 4.78 is 0. The minimum atomic E-state index is -0.657. The standard InChI is InChI=1S/C25H28Cl2N4O2/c1-3-21(28-15-22(32)20-9-11-24(27)30-14-20)12-17-4-7-19(8-5-17)25(33)31(2)16-18-6-10-23(26)29-13-18/h4-11,13-14,21-22,28,32H,3,12,15-16H2,1-2H3. The maximum atomic E-state index is 12.8. The predicted molar refractivity (Wildman–Crippen MR) is 131 cm³/mol. The number of carbonyl (C=O) groups is 1. The zero-order valence-corrected chi connectivity index (χ0v) is 20.2. The van der Waals surface area contributed by atoms with Gasteiger partial charge in [0.25, 0.3) is 5.91 Å². The number of aliphatic hydroxyl groups is 1. The van der Waals surface area contributed by atoms with Crippen LogP contribution in [-0.2, 0) is 13.0 Å². The highest BCUT2D eigenvalue weighted by atomic mass is 35.5. The quantitative estimate of drug-likeness (QED) is 0.406. The van der Waals surface area contributed by atoms with Crippen molar-refractivity contribution in [3.05, 3.63) is 93.5 Å². The van der Waals surface area contributed by atoms with Crippen molar-refractivity contribution >= 4 is 29.1 Å². The van der Waals surface area contributed by atoms with E-state index in [2.05, 4.69) is 22.2 Å². The molecule has 0 saturated carbocycles. The van der Waals surface area contributed by atoms with Crippen molar-refractivity contribution in [2.24, 2.45) is 0 Å². The van der Waals surface area contributed by atoms with Gasteiger partial charge in [-0.1, -0.05) is 54.4 Å². The fraction of sp³-hybridized carbons (Fsp3) is 0.320. The first-order valence-corrected chi connectivity index (χ1v) is 11.6. The molecular formula is C25H28Cl2N4O2. The number of halogens is 2. The van der Waals surface area contributed by atoms with Crippen molar-refractivity contribution in [3.63, 3.8) is 0 Å². The topological polar surface area (TPSA) is 78.4 Å². The minimum absolute atomic E-state index is 0.0543. The summed E-state index contributed by atoms with van der Waals surface area (Å²) >= 11 is 11.6. The van der Waals surface area contributed by atoms with Crippen LogP contribution in [0.2, 0.25) is 10.3 Å². The van der Waals surface area contributed by atoms with Crippen LogP contribution in [0.15, 0.2) is 60.9 Å². The highest BCUT2D eigenvalue weighted by Crippen LogP contribution is 2.15. The molecular weight excluding hydrogens is 459 g/mol. The summed E-state index contributed by atoms with van der Waals surface area (Å²) in [6, 6.07) is 14.9. The van der Waals surface area contributed by atoms with Gasteiger partial charge in [0.2, 0.25) is 0 Å². The van der Waals surface area contributed by atoms with Gasteiger partial charge in [0.15, 0.2) is 0 Å². The number of hydrogen-bond acceptors (Lipinski definition) is 5. The van der Waals surface area contributed by atoms with E-state index in [1.54, 1.807) is 42.5 Å². The number of pyridine rings is 2. The summed E-state index contributed by atoms with van der Waals surface area (Å²) in [4.78, 5) is 22.5. The predicted octanol–water partition coefficient (Wildman–Crippen LogP) is 4.70. The molecule has 0 radical (unpaired) electrons. The Kier molecular flexibility index (Phi) is 9.21. The average molecular weight is 487 g/mol. The Labute approximate surface area is 204 Å². The summed E-state index contributed by atoms with van der Waals surface area (Å²) in [7, 11) is 1.77. The Balaban J connectivity index is 1.52. The Morgan fingerprint density at radius 1 is 1.00 bits per heavy atom. The van der Waals surface area contributed by atoms with Crippen molar-refractivity contribution in [1.82, 2.24) is 20.2 Å². The van der Waals surface area contributed by atoms with E-state index in [9.17, 15) is 9.90 Å². The Morgan fingerprint density at radius 3 is 2.21 bits per heavy atom. The van der Waals surface area contributed by atoms with Gasteiger partial charge in [-0.25, -0.2) is 9.97 Å². The SMILES string of the molecule is CCC(Cc1ccc(C(=O)N(C)Cc2ccc(Cl)nc2)cc1)NCC(O)c1ccc(Cl)nc1. The third-order valence-corrected chi connectivity index (χ3v) is 5.91. The maximum absolute atomic E-state index is 12.8. The van der Waals surface area contributed by atoms with E-state index in [1.807, 2.05) is 30.3 Å². The second kappa shape index (κ2) is 12.1. The van der Waals surface area contributed by atoms with Crippen molar-refractivity contribution in [2.75, 3.05) is 13.6 Å². The van der Waals surface area contributed by atoms with Crippen LogP contribution in [0.25, 0.3) is 0 Å². The number of amides is 1. The average Bonchev–Trinajstić information content (AvgIpc) is 2.83. The molecule has 0 fully saturated rings. The molecule has 33 heavy (non-hydrogen) atoms. The summed E-state index contributed by atoms with van der Waals surface area (Å²) in [5.41, 5.74) is 3.40. The monoisotopic (exact) mass is 486 g/mol. The van der Waals surface area contributed by atoms with Gasteiger partial charge >= 0.3 is 0 Å². The molecule has 2 aromatic heterocycles. The van der Waals surface area contributed by atoms with Gasteiger partial charge in [0.1, 0.15) is 10.3 Å². The molecule has 0 spiro atoms. The van der Waals surface area contributed by atoms with Crippen molar-refractivity contribution in [2.45, 2.75) is 38.5 Å². The lowest BCUT2D eigenvalue weighted by Crippen LogP contribution is -2.34. The largest absolute Gasteiger partial charge is 0.387 e. The number of nitrogens with one attached hydrogen (secondary N) is 1. The molecule has 1 amide bonds. The summed E-state index contributed by atoms with van der Waals surface area (Å²) in [6.07, 6.45) is 4.31. The van der Waals surface area contributed by atoms with Crippen LogP contribution in [0.1, 0.15) is 46.5 Å². The Morgan fingerprint density at radius 2 is 1.64 bits per heavy atom. The molecule has 174 valence electrons. The summed E-state index contributed by atoms with van der Waals surface area (Å²) in [5, 5.41) is 14.6. The summed E-state index contributed by atoms with van der Waals surface area (Å²) in [6.45, 7) is 2.98. The number of aromatic nitrogens is 2. The molecule has 6 nitrogen and oxygen atoms in total. The Hall–Kier alpha value is -2.51. The van der Waals surface area contributed by atoms with E-state index >= 15 is 0 Å². The van der Waals surface area contributed by atoms with Crippen LogP contribution >= 0.6 is 23.2 Å². The van der Waals surface area contributed by atoms with E-state index in [0.29, 0.717) is 29.0 Å². The third-order valence-electron chi connectivity index (χ3n) is 5.47. The number of rotatable bonds is 10. The van der Waals surface area contributed by atoms with Crippen LogP contribution in [0, 0.1) is 0 Å². The van der Waals surface area contributed by atoms with Gasteiger partial charge in [-0.15, -0.1) is 0 Å². The van der Waals surface area contributed by atoms with Gasteiger partial charge in [0, 0.05) is 49.7 Å². The number of nitrogens with zero attached hydrogens (tertiary/aromatic N) is 3. The number of carbonyl (C=O) groups excluding carboxylic acids is 1. The number of hydrogen-bond donors (Lipinski definition) is 2. The second-order valence-corrected chi connectivity index (χ2v) is 8.77. The molecule has 0 aliphatic heterocycles. The van der Waals surface area contributed by atoms with Crippen LogP contribution in [0.3, 0.4) is 0 Å². The van der Waals surface area contributed by atoms with Crippen molar-refractivity contribution in [1.29, 1.82) is 0 Å². The molecule has 2 heterocycles. The van der Waals surface area contributed by atoms with Gasteiger partial charge < -0.3 is 15.3 Å². The molecule has 3 aromatic rings. The normalized spacial score (nSPS) is 12.9. The first kappa shape index (κ1) is 25.1. The molecule has 0 bridgehead atoms. The van der Waals surface area contributed by atoms with E-state index in [0.717, 1.165) is 29.5 Å². The number of benzene rings is 1. The number of aliphatic hydroxyl groups excluding tert-OH is 1. The maximum Gasteiger partial charge on any atom is 0.253 e. The van der Waals surface area contributed by atoms with Gasteiger partial charge in [-0.2, -0.15) is 0 Å². The van der Waals surface area contributed by atoms with Crippen LogP contribution in [0.5, 0.6) is 0 Å². The van der Waals surface area contributed by atoms with E-state index < -0.39 is 6.10 Å². The molecule has 2 N–H and O–H groups in total. The van der Waals surface area contributed by atoms with Crippen molar-refractivity contribution in [3.8, 4) is 0 Å². The molecule has 0 aliphatic rings. The zero-order chi connectivity index (χ0) is 23.8. The molecule has 3 rings (SSSR count). The van der Waals surface area contributed by atoms with Gasteiger partial charge in [-0.05, 0) is 48.2 Å². The lowest BCUT2D eigenvalue weighted by molar-refractivity contribution is 0.0785. The van der Waals surface area contributed by atoms with Crippen molar-refractivity contribution < 1.29 is 9.90 Å². The minimum Gasteiger partial charge on any atom is -0.387 e. The van der Waals surface area contributed by atoms with Crippen LogP contribution in [0.4, 0.5) is 0 Å². The van der Waals surface area contributed by atoms with Crippen LogP contribution < -0.4 is 5.32 Å². The highest BCUT2D eigenvalue weighted by molar-refractivity contribution is 6.29. The van der Waals surface area contributed by atoms with E-state index in [1.165, 1.54) is 0 Å². The molecule has 0 saturated heterocycles. The first-order chi connectivity index (χ1) is 15.9. The second-order valence-electron chi connectivity index (χ2n) is 7.99. The smallest absolute Gasteiger partial charge is 0.253 e. The fourth-order valence-corrected chi connectivity index (χ4v) is 3.70. The zero-order valence-electron chi connectivity index (χ0n) is 18.7.